The average molecular weight is 267 g/mol. The molecule has 0 bridgehead atoms. The molecule has 1 aliphatic heterocycles. The Morgan fingerprint density at radius 1 is 1.26 bits per heavy atom. The molecule has 0 aromatic heterocycles. The van der Waals surface area contributed by atoms with Crippen molar-refractivity contribution in [3.05, 3.63) is 11.6 Å². The molecule has 1 rings (SSSR count). The number of rotatable bonds is 6. The number of piperazine rings is 1. The van der Waals surface area contributed by atoms with Gasteiger partial charge in [0.1, 0.15) is 0 Å². The summed E-state index contributed by atoms with van der Waals surface area (Å²) in [6, 6.07) is 0.414. The molecule has 0 saturated carbocycles. The largest absolute Gasteiger partial charge is 0.351 e. The number of carbonyl (C=O) groups excluding carboxylic acids is 1. The number of hydrogen-bond acceptors (Lipinski definition) is 3. The Kier molecular flexibility index (Phi) is 7.10. The Bertz CT molecular complexity index is 307. The molecule has 0 spiro atoms. The maximum absolute atomic E-state index is 11.8. The third-order valence-electron chi connectivity index (χ3n) is 3.90. The van der Waals surface area contributed by atoms with Crippen LogP contribution in [0.2, 0.25) is 0 Å². The summed E-state index contributed by atoms with van der Waals surface area (Å²) in [5.74, 6) is 0.0703. The van der Waals surface area contributed by atoms with E-state index in [4.69, 9.17) is 0 Å². The normalized spacial score (nSPS) is 20.3. The van der Waals surface area contributed by atoms with Crippen LogP contribution in [0.5, 0.6) is 0 Å². The van der Waals surface area contributed by atoms with Crippen molar-refractivity contribution in [1.29, 1.82) is 0 Å². The van der Waals surface area contributed by atoms with Crippen molar-refractivity contribution in [3.8, 4) is 0 Å². The third kappa shape index (κ3) is 5.33. The highest BCUT2D eigenvalue weighted by Crippen LogP contribution is 2.05. The van der Waals surface area contributed by atoms with E-state index in [1.54, 1.807) is 0 Å². The van der Waals surface area contributed by atoms with E-state index in [1.165, 1.54) is 0 Å². The zero-order valence-corrected chi connectivity index (χ0v) is 12.9. The van der Waals surface area contributed by atoms with Crippen molar-refractivity contribution in [1.82, 2.24) is 15.1 Å². The van der Waals surface area contributed by atoms with Gasteiger partial charge in [0.05, 0.1) is 0 Å². The summed E-state index contributed by atoms with van der Waals surface area (Å²) < 4.78 is 0. The van der Waals surface area contributed by atoms with Crippen LogP contribution in [0.25, 0.3) is 0 Å². The number of likely N-dealkylation sites (N-methyl/N-ethyl adjacent to an activating group) is 1. The van der Waals surface area contributed by atoms with E-state index in [0.29, 0.717) is 6.04 Å². The quantitative estimate of drug-likeness (QED) is 0.741. The van der Waals surface area contributed by atoms with Gasteiger partial charge < -0.3 is 10.2 Å². The third-order valence-corrected chi connectivity index (χ3v) is 3.90. The molecule has 1 atom stereocenters. The minimum Gasteiger partial charge on any atom is -0.351 e. The first-order valence-corrected chi connectivity index (χ1v) is 7.49. The highest BCUT2D eigenvalue weighted by atomic mass is 16.1. The fourth-order valence-corrected chi connectivity index (χ4v) is 2.43. The SMILES string of the molecule is CC/C=C(\C)C(=O)NCC(C)N1CCN(CC)CC1. The highest BCUT2D eigenvalue weighted by molar-refractivity contribution is 5.92. The molecule has 1 amide bonds. The first kappa shape index (κ1) is 16.2. The molecule has 1 unspecified atom stereocenters. The van der Waals surface area contributed by atoms with Gasteiger partial charge in [-0.05, 0) is 26.8 Å². The second-order valence-corrected chi connectivity index (χ2v) is 5.32. The van der Waals surface area contributed by atoms with Gasteiger partial charge in [0, 0.05) is 44.3 Å². The van der Waals surface area contributed by atoms with E-state index in [1.807, 2.05) is 19.9 Å². The molecule has 0 radical (unpaired) electrons. The fourth-order valence-electron chi connectivity index (χ4n) is 2.43. The maximum atomic E-state index is 11.8. The van der Waals surface area contributed by atoms with E-state index >= 15 is 0 Å². The lowest BCUT2D eigenvalue weighted by atomic mass is 10.2. The van der Waals surface area contributed by atoms with Crippen LogP contribution in [-0.2, 0) is 4.79 Å². The molecule has 0 aromatic rings. The van der Waals surface area contributed by atoms with Crippen molar-refractivity contribution < 1.29 is 4.79 Å². The smallest absolute Gasteiger partial charge is 0.246 e. The zero-order valence-electron chi connectivity index (χ0n) is 12.9. The van der Waals surface area contributed by atoms with Gasteiger partial charge in [-0.1, -0.05) is 19.9 Å². The first-order chi connectivity index (χ1) is 9.08. The summed E-state index contributed by atoms with van der Waals surface area (Å²) in [5, 5.41) is 3.03. The lowest BCUT2D eigenvalue weighted by Gasteiger charge is -2.37. The molecule has 19 heavy (non-hydrogen) atoms. The molecule has 1 fully saturated rings. The summed E-state index contributed by atoms with van der Waals surface area (Å²) in [5.41, 5.74) is 0.825. The Labute approximate surface area is 117 Å². The van der Waals surface area contributed by atoms with Gasteiger partial charge >= 0.3 is 0 Å². The van der Waals surface area contributed by atoms with Gasteiger partial charge in [0.25, 0.3) is 0 Å². The first-order valence-electron chi connectivity index (χ1n) is 7.49. The van der Waals surface area contributed by atoms with Gasteiger partial charge in [-0.2, -0.15) is 0 Å². The van der Waals surface area contributed by atoms with Crippen molar-refractivity contribution >= 4 is 5.91 Å². The maximum Gasteiger partial charge on any atom is 0.246 e. The molecule has 0 aromatic carbocycles. The Morgan fingerprint density at radius 3 is 2.42 bits per heavy atom. The molecule has 4 heteroatoms. The molecule has 1 saturated heterocycles. The number of amides is 1. The predicted molar refractivity (Wildman–Crippen MR) is 80.2 cm³/mol. The number of carbonyl (C=O) groups is 1. The summed E-state index contributed by atoms with van der Waals surface area (Å²) >= 11 is 0. The zero-order chi connectivity index (χ0) is 14.3. The van der Waals surface area contributed by atoms with Crippen LogP contribution >= 0.6 is 0 Å². The van der Waals surface area contributed by atoms with Crippen LogP contribution in [-0.4, -0.2) is 61.0 Å². The summed E-state index contributed by atoms with van der Waals surface area (Å²) in [6.07, 6.45) is 2.88. The van der Waals surface area contributed by atoms with Crippen LogP contribution in [0.1, 0.15) is 34.1 Å². The van der Waals surface area contributed by atoms with E-state index in [9.17, 15) is 4.79 Å². The fraction of sp³-hybridized carbons (Fsp3) is 0.800. The Hall–Kier alpha value is -0.870. The van der Waals surface area contributed by atoms with E-state index < -0.39 is 0 Å². The number of nitrogens with zero attached hydrogens (tertiary/aromatic N) is 2. The molecule has 4 nitrogen and oxygen atoms in total. The number of hydrogen-bond donors (Lipinski definition) is 1. The molecule has 1 N–H and O–H groups in total. The monoisotopic (exact) mass is 267 g/mol. The van der Waals surface area contributed by atoms with Crippen molar-refractivity contribution in [3.63, 3.8) is 0 Å². The molecule has 110 valence electrons. The van der Waals surface area contributed by atoms with Crippen LogP contribution in [0.15, 0.2) is 11.6 Å². The molecule has 1 aliphatic rings. The van der Waals surface area contributed by atoms with Crippen LogP contribution in [0.4, 0.5) is 0 Å². The van der Waals surface area contributed by atoms with Gasteiger partial charge in [-0.3, -0.25) is 9.69 Å². The van der Waals surface area contributed by atoms with Gasteiger partial charge in [0.15, 0.2) is 0 Å². The number of nitrogens with one attached hydrogen (secondary N) is 1. The van der Waals surface area contributed by atoms with E-state index in [0.717, 1.165) is 51.3 Å². The van der Waals surface area contributed by atoms with Crippen LogP contribution in [0, 0.1) is 0 Å². The number of allylic oxidation sites excluding steroid dienone is 1. The Balaban J connectivity index is 2.30. The summed E-state index contributed by atoms with van der Waals surface area (Å²) in [7, 11) is 0. The van der Waals surface area contributed by atoms with E-state index in [2.05, 4.69) is 29.0 Å². The van der Waals surface area contributed by atoms with Gasteiger partial charge in [0.2, 0.25) is 5.91 Å². The topological polar surface area (TPSA) is 35.6 Å². The predicted octanol–water partition coefficient (Wildman–Crippen LogP) is 1.48. The average Bonchev–Trinajstić information content (AvgIpc) is 2.44. The lowest BCUT2D eigenvalue weighted by Crippen LogP contribution is -2.52. The van der Waals surface area contributed by atoms with Crippen LogP contribution in [0.3, 0.4) is 0 Å². The molecule has 1 heterocycles. The summed E-state index contributed by atoms with van der Waals surface area (Å²) in [6.45, 7) is 14.7. The lowest BCUT2D eigenvalue weighted by molar-refractivity contribution is -0.117. The summed E-state index contributed by atoms with van der Waals surface area (Å²) in [4.78, 5) is 16.7. The standard InChI is InChI=1S/C15H29N3O/c1-5-7-13(3)15(19)16-12-14(4)18-10-8-17(6-2)9-11-18/h7,14H,5-6,8-12H2,1-4H3,(H,16,19)/b13-7+. The minimum absolute atomic E-state index is 0.0703. The van der Waals surface area contributed by atoms with Crippen molar-refractivity contribution in [2.24, 2.45) is 0 Å². The second-order valence-electron chi connectivity index (χ2n) is 5.32. The molecule has 0 aliphatic carbocycles. The molecular formula is C15H29N3O. The van der Waals surface area contributed by atoms with E-state index in [-0.39, 0.29) is 5.91 Å². The van der Waals surface area contributed by atoms with Gasteiger partial charge in [-0.15, -0.1) is 0 Å². The van der Waals surface area contributed by atoms with Gasteiger partial charge in [-0.25, -0.2) is 0 Å². The van der Waals surface area contributed by atoms with Crippen LogP contribution < -0.4 is 5.32 Å². The van der Waals surface area contributed by atoms with Crippen molar-refractivity contribution in [2.75, 3.05) is 39.3 Å². The minimum atomic E-state index is 0.0703. The Morgan fingerprint density at radius 2 is 1.89 bits per heavy atom. The van der Waals surface area contributed by atoms with Crippen molar-refractivity contribution in [2.45, 2.75) is 40.2 Å². The highest BCUT2D eigenvalue weighted by Gasteiger charge is 2.20. The molecular weight excluding hydrogens is 238 g/mol. The second kappa shape index (κ2) is 8.33.